The van der Waals surface area contributed by atoms with E-state index in [2.05, 4.69) is 31.1 Å². The van der Waals surface area contributed by atoms with Crippen LogP contribution in [0.3, 0.4) is 0 Å². The molecule has 0 aliphatic heterocycles. The van der Waals surface area contributed by atoms with Crippen LogP contribution in [0.15, 0.2) is 0 Å². The summed E-state index contributed by atoms with van der Waals surface area (Å²) in [7, 11) is 2.06. The third kappa shape index (κ3) is 5.22. The second-order valence-corrected chi connectivity index (χ2v) is 5.08. The van der Waals surface area contributed by atoms with E-state index < -0.39 is 0 Å². The lowest BCUT2D eigenvalue weighted by molar-refractivity contribution is -0.128. The average molecular weight is 200 g/mol. The van der Waals surface area contributed by atoms with Crippen molar-refractivity contribution in [2.45, 2.75) is 40.7 Å². The smallest absolute Gasteiger partial charge is 0.225 e. The molecule has 84 valence electrons. The fourth-order valence-corrected chi connectivity index (χ4v) is 0.869. The van der Waals surface area contributed by atoms with Crippen LogP contribution in [0.2, 0.25) is 0 Å². The Balaban J connectivity index is 3.71. The van der Waals surface area contributed by atoms with E-state index in [-0.39, 0.29) is 11.3 Å². The van der Waals surface area contributed by atoms with E-state index in [4.69, 9.17) is 0 Å². The SMILES string of the molecule is CC(C)N(C)CCNC(=O)C(C)(C)C. The number of nitrogens with one attached hydrogen (secondary N) is 1. The Morgan fingerprint density at radius 1 is 1.36 bits per heavy atom. The first-order chi connectivity index (χ1) is 6.25. The van der Waals surface area contributed by atoms with Crippen LogP contribution in [-0.2, 0) is 4.79 Å². The number of amides is 1. The summed E-state index contributed by atoms with van der Waals surface area (Å²) in [4.78, 5) is 13.7. The minimum absolute atomic E-state index is 0.120. The van der Waals surface area contributed by atoms with Crippen LogP contribution < -0.4 is 5.32 Å². The lowest BCUT2D eigenvalue weighted by Gasteiger charge is -2.23. The van der Waals surface area contributed by atoms with Gasteiger partial charge < -0.3 is 10.2 Å². The Hall–Kier alpha value is -0.570. The van der Waals surface area contributed by atoms with E-state index >= 15 is 0 Å². The van der Waals surface area contributed by atoms with Crippen LogP contribution in [0, 0.1) is 5.41 Å². The van der Waals surface area contributed by atoms with E-state index in [0.717, 1.165) is 13.1 Å². The van der Waals surface area contributed by atoms with Gasteiger partial charge in [-0.25, -0.2) is 0 Å². The molecule has 0 radical (unpaired) electrons. The maximum atomic E-state index is 11.5. The fourth-order valence-electron chi connectivity index (χ4n) is 0.869. The lowest BCUT2D eigenvalue weighted by Crippen LogP contribution is -2.40. The fraction of sp³-hybridized carbons (Fsp3) is 0.909. The van der Waals surface area contributed by atoms with E-state index in [0.29, 0.717) is 6.04 Å². The molecule has 0 spiro atoms. The molecule has 14 heavy (non-hydrogen) atoms. The molecule has 0 aromatic carbocycles. The number of likely N-dealkylation sites (N-methyl/N-ethyl adjacent to an activating group) is 1. The van der Waals surface area contributed by atoms with Crippen molar-refractivity contribution in [3.05, 3.63) is 0 Å². The molecule has 0 heterocycles. The second-order valence-electron chi connectivity index (χ2n) is 5.08. The van der Waals surface area contributed by atoms with Crippen LogP contribution in [0.5, 0.6) is 0 Å². The molecule has 0 aromatic rings. The highest BCUT2D eigenvalue weighted by atomic mass is 16.2. The number of hydrogen-bond donors (Lipinski definition) is 1. The van der Waals surface area contributed by atoms with Gasteiger partial charge in [-0.05, 0) is 20.9 Å². The van der Waals surface area contributed by atoms with Crippen molar-refractivity contribution >= 4 is 5.91 Å². The molecule has 0 rings (SSSR count). The van der Waals surface area contributed by atoms with E-state index in [1.54, 1.807) is 0 Å². The Morgan fingerprint density at radius 2 is 1.86 bits per heavy atom. The molecule has 0 saturated heterocycles. The standard InChI is InChI=1S/C11H24N2O/c1-9(2)13(6)8-7-12-10(14)11(3,4)5/h9H,7-8H2,1-6H3,(H,12,14). The van der Waals surface area contributed by atoms with Crippen LogP contribution in [0.1, 0.15) is 34.6 Å². The number of carbonyl (C=O) groups is 1. The molecule has 3 heteroatoms. The normalized spacial score (nSPS) is 12.3. The predicted octanol–water partition coefficient (Wildman–Crippen LogP) is 1.49. The molecular formula is C11H24N2O. The summed E-state index contributed by atoms with van der Waals surface area (Å²) in [6, 6.07) is 0.529. The van der Waals surface area contributed by atoms with Crippen LogP contribution in [0.4, 0.5) is 0 Å². The first-order valence-corrected chi connectivity index (χ1v) is 5.23. The molecule has 0 atom stereocenters. The zero-order chi connectivity index (χ0) is 11.4. The van der Waals surface area contributed by atoms with Gasteiger partial charge in [-0.15, -0.1) is 0 Å². The van der Waals surface area contributed by atoms with Crippen molar-refractivity contribution < 1.29 is 4.79 Å². The molecule has 1 amide bonds. The van der Waals surface area contributed by atoms with E-state index in [1.807, 2.05) is 20.8 Å². The van der Waals surface area contributed by atoms with Crippen molar-refractivity contribution in [1.29, 1.82) is 0 Å². The Kier molecular flexibility index (Phi) is 5.13. The van der Waals surface area contributed by atoms with Crippen LogP contribution in [0.25, 0.3) is 0 Å². The average Bonchev–Trinajstić information content (AvgIpc) is 2.01. The zero-order valence-electron chi connectivity index (χ0n) is 10.3. The topological polar surface area (TPSA) is 32.3 Å². The van der Waals surface area contributed by atoms with Gasteiger partial charge in [0, 0.05) is 24.5 Å². The summed E-state index contributed by atoms with van der Waals surface area (Å²) in [5, 5.41) is 2.93. The number of nitrogens with zero attached hydrogens (tertiary/aromatic N) is 1. The molecule has 0 aliphatic rings. The third-order valence-electron chi connectivity index (χ3n) is 2.31. The molecule has 3 nitrogen and oxygen atoms in total. The molecule has 0 fully saturated rings. The quantitative estimate of drug-likeness (QED) is 0.745. The minimum atomic E-state index is -0.281. The third-order valence-corrected chi connectivity index (χ3v) is 2.31. The van der Waals surface area contributed by atoms with E-state index in [9.17, 15) is 4.79 Å². The molecule has 0 unspecified atom stereocenters. The van der Waals surface area contributed by atoms with Gasteiger partial charge in [-0.2, -0.15) is 0 Å². The Labute approximate surface area is 87.9 Å². The maximum Gasteiger partial charge on any atom is 0.225 e. The summed E-state index contributed by atoms with van der Waals surface area (Å²) in [5.41, 5.74) is -0.281. The molecule has 0 aromatic heterocycles. The highest BCUT2D eigenvalue weighted by Crippen LogP contribution is 2.11. The van der Waals surface area contributed by atoms with Crippen molar-refractivity contribution in [1.82, 2.24) is 10.2 Å². The molecule has 0 saturated carbocycles. The first kappa shape index (κ1) is 13.4. The Bertz CT molecular complexity index is 182. The van der Waals surface area contributed by atoms with Crippen molar-refractivity contribution in [3.8, 4) is 0 Å². The molecule has 0 aliphatic carbocycles. The van der Waals surface area contributed by atoms with Crippen molar-refractivity contribution in [2.24, 2.45) is 5.41 Å². The number of rotatable bonds is 4. The van der Waals surface area contributed by atoms with Gasteiger partial charge in [0.15, 0.2) is 0 Å². The van der Waals surface area contributed by atoms with Crippen LogP contribution >= 0.6 is 0 Å². The summed E-state index contributed by atoms with van der Waals surface area (Å²) < 4.78 is 0. The number of hydrogen-bond acceptors (Lipinski definition) is 2. The first-order valence-electron chi connectivity index (χ1n) is 5.23. The van der Waals surface area contributed by atoms with Gasteiger partial charge in [0.25, 0.3) is 0 Å². The van der Waals surface area contributed by atoms with Crippen molar-refractivity contribution in [2.75, 3.05) is 20.1 Å². The summed E-state index contributed by atoms with van der Waals surface area (Å²) in [6.07, 6.45) is 0. The number of carbonyl (C=O) groups excluding carboxylic acids is 1. The predicted molar refractivity (Wildman–Crippen MR) is 60.2 cm³/mol. The summed E-state index contributed by atoms with van der Waals surface area (Å²) in [6.45, 7) is 11.7. The zero-order valence-corrected chi connectivity index (χ0v) is 10.3. The van der Waals surface area contributed by atoms with Gasteiger partial charge in [-0.1, -0.05) is 20.8 Å². The van der Waals surface area contributed by atoms with Gasteiger partial charge in [-0.3, -0.25) is 4.79 Å². The van der Waals surface area contributed by atoms with Crippen LogP contribution in [-0.4, -0.2) is 37.0 Å². The molecule has 0 bridgehead atoms. The maximum absolute atomic E-state index is 11.5. The monoisotopic (exact) mass is 200 g/mol. The lowest BCUT2D eigenvalue weighted by atomic mass is 9.96. The molecule has 1 N–H and O–H groups in total. The largest absolute Gasteiger partial charge is 0.354 e. The highest BCUT2D eigenvalue weighted by Gasteiger charge is 2.20. The van der Waals surface area contributed by atoms with Gasteiger partial charge >= 0.3 is 0 Å². The minimum Gasteiger partial charge on any atom is -0.354 e. The highest BCUT2D eigenvalue weighted by molar-refractivity contribution is 5.81. The van der Waals surface area contributed by atoms with Gasteiger partial charge in [0.1, 0.15) is 0 Å². The van der Waals surface area contributed by atoms with Gasteiger partial charge in [0.05, 0.1) is 0 Å². The summed E-state index contributed by atoms with van der Waals surface area (Å²) >= 11 is 0. The summed E-state index contributed by atoms with van der Waals surface area (Å²) in [5.74, 6) is 0.120. The van der Waals surface area contributed by atoms with Crippen molar-refractivity contribution in [3.63, 3.8) is 0 Å². The molecular weight excluding hydrogens is 176 g/mol. The Morgan fingerprint density at radius 3 is 2.21 bits per heavy atom. The second kappa shape index (κ2) is 5.35. The van der Waals surface area contributed by atoms with Gasteiger partial charge in [0.2, 0.25) is 5.91 Å². The van der Waals surface area contributed by atoms with E-state index in [1.165, 1.54) is 0 Å².